The van der Waals surface area contributed by atoms with E-state index in [1.807, 2.05) is 6.92 Å². The number of nitrogens with zero attached hydrogens (tertiary/aromatic N) is 4. The van der Waals surface area contributed by atoms with Crippen molar-refractivity contribution >= 4 is 17.8 Å². The third-order valence-electron chi connectivity index (χ3n) is 4.34. The highest BCUT2D eigenvalue weighted by Gasteiger charge is 2.39. The second kappa shape index (κ2) is 7.27. The summed E-state index contributed by atoms with van der Waals surface area (Å²) in [4.78, 5) is 46.3. The van der Waals surface area contributed by atoms with E-state index in [1.54, 1.807) is 18.2 Å². The molecule has 1 aromatic heterocycles. The van der Waals surface area contributed by atoms with E-state index < -0.39 is 23.6 Å². The van der Waals surface area contributed by atoms with E-state index in [0.717, 1.165) is 0 Å². The summed E-state index contributed by atoms with van der Waals surface area (Å²) in [5.74, 6) is -3.15. The molecule has 0 aliphatic carbocycles. The van der Waals surface area contributed by atoms with E-state index in [-0.39, 0.29) is 22.6 Å². The van der Waals surface area contributed by atoms with Gasteiger partial charge in [0.1, 0.15) is 17.3 Å². The number of imide groups is 1. The summed E-state index contributed by atoms with van der Waals surface area (Å²) in [6.45, 7) is 1.90. The van der Waals surface area contributed by atoms with Crippen LogP contribution in [0.15, 0.2) is 48.5 Å². The Kier molecular flexibility index (Phi) is 4.63. The second-order valence-electron chi connectivity index (χ2n) is 6.29. The number of carbonyl (C=O) groups excluding carboxylic acids is 3. The average molecular weight is 394 g/mol. The van der Waals surface area contributed by atoms with Crippen molar-refractivity contribution in [2.75, 3.05) is 0 Å². The Balaban J connectivity index is 1.63. The van der Waals surface area contributed by atoms with Crippen molar-refractivity contribution in [3.63, 3.8) is 0 Å². The number of benzene rings is 2. The van der Waals surface area contributed by atoms with Crippen LogP contribution in [0.2, 0.25) is 0 Å². The van der Waals surface area contributed by atoms with E-state index in [4.69, 9.17) is 4.84 Å². The molecular weight excluding hydrogens is 379 g/mol. The first-order valence-corrected chi connectivity index (χ1v) is 8.92. The summed E-state index contributed by atoms with van der Waals surface area (Å²) in [6.07, 6.45) is 1.11. The number of halogens is 1. The van der Waals surface area contributed by atoms with Crippen LogP contribution in [0.25, 0.3) is 5.69 Å². The summed E-state index contributed by atoms with van der Waals surface area (Å²) in [5, 5.41) is 4.43. The Bertz CT molecular complexity index is 1110. The zero-order valence-electron chi connectivity index (χ0n) is 15.3. The maximum Gasteiger partial charge on any atom is 0.403 e. The standard InChI is InChI=1S/C20H15FN4O4/c1-2-7-16-22-17(23-24(16)15-11-6-5-10-14(15)21)20(28)29-25-18(26)12-8-3-4-9-13(12)19(25)27/h3-6,8-11H,2,7H2,1H3. The Morgan fingerprint density at radius 2 is 1.66 bits per heavy atom. The number of para-hydroxylation sites is 1. The normalized spacial score (nSPS) is 13.0. The van der Waals surface area contributed by atoms with Gasteiger partial charge in [0.25, 0.3) is 17.6 Å². The van der Waals surface area contributed by atoms with Crippen molar-refractivity contribution in [2.24, 2.45) is 0 Å². The lowest BCUT2D eigenvalue weighted by Crippen LogP contribution is -2.33. The van der Waals surface area contributed by atoms with Gasteiger partial charge in [-0.3, -0.25) is 9.59 Å². The number of hydroxylamine groups is 2. The van der Waals surface area contributed by atoms with Gasteiger partial charge in [0, 0.05) is 6.42 Å². The maximum absolute atomic E-state index is 14.2. The summed E-state index contributed by atoms with van der Waals surface area (Å²) < 4.78 is 15.4. The van der Waals surface area contributed by atoms with E-state index in [2.05, 4.69) is 10.1 Å². The fourth-order valence-electron chi connectivity index (χ4n) is 3.01. The van der Waals surface area contributed by atoms with Crippen LogP contribution >= 0.6 is 0 Å². The first-order valence-electron chi connectivity index (χ1n) is 8.92. The topological polar surface area (TPSA) is 94.4 Å². The van der Waals surface area contributed by atoms with Crippen LogP contribution in [-0.2, 0) is 11.3 Å². The van der Waals surface area contributed by atoms with Crippen LogP contribution < -0.4 is 0 Å². The molecule has 0 radical (unpaired) electrons. The average Bonchev–Trinajstić information content (AvgIpc) is 3.24. The van der Waals surface area contributed by atoms with Crippen molar-refractivity contribution in [1.29, 1.82) is 0 Å². The van der Waals surface area contributed by atoms with Gasteiger partial charge < -0.3 is 4.84 Å². The van der Waals surface area contributed by atoms with Gasteiger partial charge >= 0.3 is 5.97 Å². The number of rotatable bonds is 5. The van der Waals surface area contributed by atoms with Crippen molar-refractivity contribution < 1.29 is 23.6 Å². The Morgan fingerprint density at radius 3 is 2.28 bits per heavy atom. The molecule has 8 nitrogen and oxygen atoms in total. The second-order valence-corrected chi connectivity index (χ2v) is 6.29. The van der Waals surface area contributed by atoms with Gasteiger partial charge in [-0.2, -0.15) is 0 Å². The number of carbonyl (C=O) groups is 3. The molecule has 146 valence electrons. The molecule has 0 saturated carbocycles. The Morgan fingerprint density at radius 1 is 1.03 bits per heavy atom. The van der Waals surface area contributed by atoms with Crippen molar-refractivity contribution in [1.82, 2.24) is 19.8 Å². The number of hydrogen-bond acceptors (Lipinski definition) is 6. The molecule has 0 N–H and O–H groups in total. The monoisotopic (exact) mass is 394 g/mol. The zero-order chi connectivity index (χ0) is 20.5. The number of aromatic nitrogens is 3. The van der Waals surface area contributed by atoms with E-state index in [1.165, 1.54) is 35.0 Å². The Labute approximate surface area is 164 Å². The van der Waals surface area contributed by atoms with Gasteiger partial charge in [-0.1, -0.05) is 36.3 Å². The molecule has 0 bridgehead atoms. The molecule has 0 unspecified atom stereocenters. The van der Waals surface area contributed by atoms with E-state index >= 15 is 0 Å². The van der Waals surface area contributed by atoms with Gasteiger partial charge in [0.2, 0.25) is 0 Å². The lowest BCUT2D eigenvalue weighted by molar-refractivity contribution is -0.0592. The molecule has 0 spiro atoms. The van der Waals surface area contributed by atoms with Crippen LogP contribution in [0.3, 0.4) is 0 Å². The minimum Gasteiger partial charge on any atom is -0.321 e. The van der Waals surface area contributed by atoms with Gasteiger partial charge in [0.05, 0.1) is 11.1 Å². The fraction of sp³-hybridized carbons (Fsp3) is 0.150. The number of fused-ring (bicyclic) bond motifs is 1. The summed E-state index contributed by atoms with van der Waals surface area (Å²) in [6, 6.07) is 12.1. The van der Waals surface area contributed by atoms with Crippen LogP contribution in [0, 0.1) is 5.82 Å². The van der Waals surface area contributed by atoms with Gasteiger partial charge in [-0.05, 0) is 30.7 Å². The maximum atomic E-state index is 14.2. The lowest BCUT2D eigenvalue weighted by atomic mass is 10.1. The van der Waals surface area contributed by atoms with Gasteiger partial charge in [0.15, 0.2) is 0 Å². The highest BCUT2D eigenvalue weighted by Crippen LogP contribution is 2.23. The molecule has 0 saturated heterocycles. The summed E-state index contributed by atoms with van der Waals surface area (Å²) >= 11 is 0. The molecule has 1 aliphatic heterocycles. The molecular formula is C20H15FN4O4. The number of amides is 2. The predicted molar refractivity (Wildman–Crippen MR) is 97.7 cm³/mol. The first kappa shape index (κ1) is 18.5. The SMILES string of the molecule is CCCc1nc(C(=O)ON2C(=O)c3ccccc3C2=O)nn1-c1ccccc1F. The number of hydrogen-bond donors (Lipinski definition) is 0. The minimum absolute atomic E-state index is 0.128. The van der Waals surface area contributed by atoms with Crippen LogP contribution in [0.1, 0.15) is 50.5 Å². The summed E-state index contributed by atoms with van der Waals surface area (Å²) in [5.41, 5.74) is 0.409. The Hall–Kier alpha value is -3.88. The van der Waals surface area contributed by atoms with Crippen LogP contribution in [0.5, 0.6) is 0 Å². The molecule has 3 aromatic rings. The molecule has 1 aliphatic rings. The largest absolute Gasteiger partial charge is 0.403 e. The van der Waals surface area contributed by atoms with Gasteiger partial charge in [-0.15, -0.1) is 5.10 Å². The van der Waals surface area contributed by atoms with Crippen LogP contribution in [0.4, 0.5) is 4.39 Å². The lowest BCUT2D eigenvalue weighted by Gasteiger charge is -2.10. The summed E-state index contributed by atoms with van der Waals surface area (Å²) in [7, 11) is 0. The highest BCUT2D eigenvalue weighted by atomic mass is 19.1. The molecule has 2 heterocycles. The molecule has 2 amide bonds. The predicted octanol–water partition coefficient (Wildman–Crippen LogP) is 2.73. The number of aryl methyl sites for hydroxylation is 1. The third-order valence-corrected chi connectivity index (χ3v) is 4.34. The van der Waals surface area contributed by atoms with E-state index in [9.17, 15) is 18.8 Å². The highest BCUT2D eigenvalue weighted by molar-refractivity contribution is 6.21. The molecule has 2 aromatic carbocycles. The quantitative estimate of drug-likeness (QED) is 0.618. The molecule has 9 heteroatoms. The fourth-order valence-corrected chi connectivity index (χ4v) is 3.01. The molecule has 29 heavy (non-hydrogen) atoms. The van der Waals surface area contributed by atoms with Crippen LogP contribution in [-0.4, -0.2) is 37.6 Å². The van der Waals surface area contributed by atoms with Gasteiger partial charge in [-0.25, -0.2) is 18.9 Å². The molecule has 0 atom stereocenters. The zero-order valence-corrected chi connectivity index (χ0v) is 15.3. The van der Waals surface area contributed by atoms with Crippen molar-refractivity contribution in [2.45, 2.75) is 19.8 Å². The van der Waals surface area contributed by atoms with Crippen molar-refractivity contribution in [3.8, 4) is 5.69 Å². The van der Waals surface area contributed by atoms with E-state index in [0.29, 0.717) is 23.7 Å². The first-order chi connectivity index (χ1) is 14.0. The minimum atomic E-state index is -1.09. The molecule has 0 fully saturated rings. The molecule has 4 rings (SSSR count). The third kappa shape index (κ3) is 3.16. The van der Waals surface area contributed by atoms with Crippen molar-refractivity contribution in [3.05, 3.63) is 77.1 Å². The smallest absolute Gasteiger partial charge is 0.321 e.